The van der Waals surface area contributed by atoms with Crippen LogP contribution in [0.4, 0.5) is 4.79 Å². The van der Waals surface area contributed by atoms with Crippen molar-refractivity contribution in [3.63, 3.8) is 0 Å². The second-order valence-electron chi connectivity index (χ2n) is 10.0. The third kappa shape index (κ3) is 10.1. The zero-order valence-corrected chi connectivity index (χ0v) is 21.6. The quantitative estimate of drug-likeness (QED) is 0.221. The first-order chi connectivity index (χ1) is 17.4. The molecule has 0 aromatic heterocycles. The lowest BCUT2D eigenvalue weighted by atomic mass is 9.94. The van der Waals surface area contributed by atoms with Crippen LogP contribution in [-0.2, 0) is 30.4 Å². The minimum atomic E-state index is -1.77. The van der Waals surface area contributed by atoms with Gasteiger partial charge in [0.1, 0.15) is 37.1 Å². The summed E-state index contributed by atoms with van der Waals surface area (Å²) in [4.78, 5) is 37.3. The molecule has 1 heterocycles. The molecule has 2 amide bonds. The Morgan fingerprint density at radius 2 is 1.81 bits per heavy atom. The van der Waals surface area contributed by atoms with Crippen molar-refractivity contribution < 1.29 is 43.9 Å². The lowest BCUT2D eigenvalue weighted by molar-refractivity contribution is -0.150. The summed E-state index contributed by atoms with van der Waals surface area (Å²) in [5.74, 6) is -1.35. The van der Waals surface area contributed by atoms with Crippen molar-refractivity contribution in [1.82, 2.24) is 10.6 Å². The van der Waals surface area contributed by atoms with Crippen LogP contribution in [0.5, 0.6) is 0 Å². The van der Waals surface area contributed by atoms with Crippen LogP contribution in [0.15, 0.2) is 42.5 Å². The molecule has 11 nitrogen and oxygen atoms in total. The lowest BCUT2D eigenvalue weighted by Gasteiger charge is -2.28. The molecule has 1 aliphatic rings. The van der Waals surface area contributed by atoms with E-state index < -0.39 is 54.5 Å². The van der Waals surface area contributed by atoms with Crippen LogP contribution in [0.25, 0.3) is 0 Å². The average molecular weight is 523 g/mol. The molecule has 5 N–H and O–H groups in total. The van der Waals surface area contributed by atoms with E-state index in [1.807, 2.05) is 39.0 Å². The molecule has 37 heavy (non-hydrogen) atoms. The average Bonchev–Trinajstić information content (AvgIpc) is 3.02. The van der Waals surface area contributed by atoms with Gasteiger partial charge in [-0.15, -0.1) is 0 Å². The van der Waals surface area contributed by atoms with Gasteiger partial charge in [-0.25, -0.2) is 4.79 Å². The molecular weight excluding hydrogens is 484 g/mol. The number of carbonyl (C=O) groups is 3. The van der Waals surface area contributed by atoms with Gasteiger partial charge in [0.2, 0.25) is 5.91 Å². The SMILES string of the molecule is COC(C(=O)NC1CCC(OC(=O)OCc2ccccc2)CNC1=O)C(O)C(O)C(O)/C=C/C(C)(C)C. The molecular formula is C26H38N2O9. The molecule has 0 saturated carbocycles. The Hall–Kier alpha value is -2.99. The number of ether oxygens (including phenoxy) is 3. The number of amides is 2. The van der Waals surface area contributed by atoms with E-state index in [9.17, 15) is 29.7 Å². The van der Waals surface area contributed by atoms with E-state index in [2.05, 4.69) is 10.6 Å². The van der Waals surface area contributed by atoms with E-state index in [1.54, 1.807) is 18.2 Å². The fourth-order valence-corrected chi connectivity index (χ4v) is 3.59. The number of benzene rings is 1. The maximum atomic E-state index is 12.8. The molecule has 1 aliphatic heterocycles. The molecule has 0 aliphatic carbocycles. The molecule has 1 fully saturated rings. The van der Waals surface area contributed by atoms with Gasteiger partial charge in [0, 0.05) is 7.11 Å². The highest BCUT2D eigenvalue weighted by atomic mass is 16.7. The van der Waals surface area contributed by atoms with E-state index in [0.717, 1.165) is 12.7 Å². The van der Waals surface area contributed by atoms with Gasteiger partial charge in [-0.1, -0.05) is 63.3 Å². The molecule has 2 rings (SSSR count). The van der Waals surface area contributed by atoms with Gasteiger partial charge in [0.15, 0.2) is 6.10 Å². The van der Waals surface area contributed by atoms with Crippen molar-refractivity contribution in [2.24, 2.45) is 5.41 Å². The van der Waals surface area contributed by atoms with E-state index in [0.29, 0.717) is 0 Å². The molecule has 1 aromatic carbocycles. The Balaban J connectivity index is 1.89. The summed E-state index contributed by atoms with van der Waals surface area (Å²) in [5, 5.41) is 36.1. The van der Waals surface area contributed by atoms with E-state index >= 15 is 0 Å². The highest BCUT2D eigenvalue weighted by molar-refractivity contribution is 5.89. The molecule has 0 radical (unpaired) electrons. The molecule has 11 heteroatoms. The van der Waals surface area contributed by atoms with Crippen molar-refractivity contribution >= 4 is 18.0 Å². The fraction of sp³-hybridized carbons (Fsp3) is 0.577. The number of nitrogens with one attached hydrogen (secondary N) is 2. The minimum Gasteiger partial charge on any atom is -0.429 e. The van der Waals surface area contributed by atoms with Crippen molar-refractivity contribution in [3.05, 3.63) is 48.0 Å². The molecule has 1 saturated heterocycles. The van der Waals surface area contributed by atoms with Crippen LogP contribution in [0.2, 0.25) is 0 Å². The first-order valence-electron chi connectivity index (χ1n) is 12.1. The largest absolute Gasteiger partial charge is 0.508 e. The van der Waals surface area contributed by atoms with Gasteiger partial charge in [-0.3, -0.25) is 9.59 Å². The summed E-state index contributed by atoms with van der Waals surface area (Å²) in [7, 11) is 1.16. The lowest BCUT2D eigenvalue weighted by Crippen LogP contribution is -2.55. The summed E-state index contributed by atoms with van der Waals surface area (Å²) < 4.78 is 15.4. The highest BCUT2D eigenvalue weighted by Crippen LogP contribution is 2.17. The van der Waals surface area contributed by atoms with Crippen LogP contribution in [0, 0.1) is 5.41 Å². The van der Waals surface area contributed by atoms with Crippen molar-refractivity contribution in [3.8, 4) is 0 Å². The Morgan fingerprint density at radius 3 is 2.43 bits per heavy atom. The first-order valence-corrected chi connectivity index (χ1v) is 12.1. The van der Waals surface area contributed by atoms with E-state index in [-0.39, 0.29) is 31.4 Å². The number of aliphatic hydroxyl groups is 3. The van der Waals surface area contributed by atoms with Gasteiger partial charge in [-0.05, 0) is 23.8 Å². The summed E-state index contributed by atoms with van der Waals surface area (Å²) >= 11 is 0. The predicted octanol–water partition coefficient (Wildman–Crippen LogP) is 0.803. The second-order valence-corrected chi connectivity index (χ2v) is 10.0. The third-order valence-corrected chi connectivity index (χ3v) is 5.69. The standard InChI is InChI=1S/C26H38N2O9/c1-26(2,3)13-12-19(29)20(30)21(31)22(35-4)24(33)28-18-11-10-17(14-27-23(18)32)37-25(34)36-15-16-8-6-5-7-9-16/h5-9,12-13,17-22,29-31H,10-11,14-15H2,1-4H3,(H,27,32)(H,28,33)/b13-12+. The number of carbonyl (C=O) groups excluding carboxylic acids is 3. The van der Waals surface area contributed by atoms with Crippen molar-refractivity contribution in [2.75, 3.05) is 13.7 Å². The Labute approximate surface area is 216 Å². The maximum Gasteiger partial charge on any atom is 0.508 e. The van der Waals surface area contributed by atoms with E-state index in [4.69, 9.17) is 14.2 Å². The van der Waals surface area contributed by atoms with Crippen molar-refractivity contribution in [1.29, 1.82) is 0 Å². The van der Waals surface area contributed by atoms with Crippen LogP contribution in [0.1, 0.15) is 39.2 Å². The smallest absolute Gasteiger partial charge is 0.429 e. The summed E-state index contributed by atoms with van der Waals surface area (Å²) in [6.07, 6.45) is -4.62. The summed E-state index contributed by atoms with van der Waals surface area (Å²) in [5.41, 5.74) is 0.533. The minimum absolute atomic E-state index is 0.0347. The molecule has 1 aromatic rings. The zero-order chi connectivity index (χ0) is 27.6. The number of rotatable bonds is 10. The number of hydrogen-bond donors (Lipinski definition) is 5. The van der Waals surface area contributed by atoms with Crippen molar-refractivity contribution in [2.45, 2.75) is 76.8 Å². The first kappa shape index (κ1) is 30.2. The van der Waals surface area contributed by atoms with Gasteiger partial charge >= 0.3 is 6.16 Å². The van der Waals surface area contributed by atoms with Gasteiger partial charge in [-0.2, -0.15) is 0 Å². The van der Waals surface area contributed by atoms with E-state index in [1.165, 1.54) is 6.08 Å². The summed E-state index contributed by atoms with van der Waals surface area (Å²) in [6, 6.07) is 8.10. The maximum absolute atomic E-state index is 12.8. The third-order valence-electron chi connectivity index (χ3n) is 5.69. The fourth-order valence-electron chi connectivity index (χ4n) is 3.59. The van der Waals surface area contributed by atoms with Gasteiger partial charge < -0.3 is 40.2 Å². The zero-order valence-electron chi connectivity index (χ0n) is 21.6. The van der Waals surface area contributed by atoms with Gasteiger partial charge in [0.25, 0.3) is 5.91 Å². The highest BCUT2D eigenvalue weighted by Gasteiger charge is 2.37. The molecule has 0 bridgehead atoms. The van der Waals surface area contributed by atoms with Crippen LogP contribution in [0.3, 0.4) is 0 Å². The number of hydrogen-bond acceptors (Lipinski definition) is 9. The molecule has 0 spiro atoms. The van der Waals surface area contributed by atoms with Crippen LogP contribution >= 0.6 is 0 Å². The Bertz CT molecular complexity index is 916. The summed E-state index contributed by atoms with van der Waals surface area (Å²) in [6.45, 7) is 5.76. The van der Waals surface area contributed by atoms with Gasteiger partial charge in [0.05, 0.1) is 6.54 Å². The molecule has 6 atom stereocenters. The molecule has 206 valence electrons. The number of aliphatic hydroxyl groups excluding tert-OH is 3. The monoisotopic (exact) mass is 522 g/mol. The second kappa shape index (κ2) is 14.1. The Kier molecular flexibility index (Phi) is 11.5. The normalized spacial score (nSPS) is 21.8. The number of methoxy groups -OCH3 is 1. The predicted molar refractivity (Wildman–Crippen MR) is 133 cm³/mol. The topological polar surface area (TPSA) is 164 Å². The van der Waals surface area contributed by atoms with Crippen LogP contribution in [-0.4, -0.2) is 83.5 Å². The molecule has 6 unspecified atom stereocenters. The number of allylic oxidation sites excluding steroid dienone is 1. The Morgan fingerprint density at radius 1 is 1.14 bits per heavy atom. The van der Waals surface area contributed by atoms with Crippen LogP contribution < -0.4 is 10.6 Å².